The fraction of sp³-hybridized carbons (Fsp3) is 0.857. The van der Waals surface area contributed by atoms with Gasteiger partial charge in [-0.1, -0.05) is 18.6 Å². The average molecular weight is 257 g/mol. The molecule has 0 bridgehead atoms. The van der Waals surface area contributed by atoms with E-state index in [1.165, 1.54) is 58.3 Å². The third-order valence-electron chi connectivity index (χ3n) is 4.08. The lowest BCUT2D eigenvalue weighted by Gasteiger charge is -2.40. The number of piperidine rings is 2. The van der Waals surface area contributed by atoms with Gasteiger partial charge in [0.15, 0.2) is 0 Å². The van der Waals surface area contributed by atoms with Crippen LogP contribution >= 0.6 is 11.6 Å². The van der Waals surface area contributed by atoms with Crippen LogP contribution in [0.15, 0.2) is 12.2 Å². The van der Waals surface area contributed by atoms with Crippen molar-refractivity contribution in [3.8, 4) is 0 Å². The van der Waals surface area contributed by atoms with Crippen molar-refractivity contribution in [2.75, 3.05) is 38.6 Å². The van der Waals surface area contributed by atoms with Crippen molar-refractivity contribution in [1.29, 1.82) is 0 Å². The van der Waals surface area contributed by atoms with Crippen molar-refractivity contribution in [3.05, 3.63) is 12.2 Å². The Morgan fingerprint density at radius 2 is 1.65 bits per heavy atom. The summed E-state index contributed by atoms with van der Waals surface area (Å²) in [5.74, 6) is 0.643. The average Bonchev–Trinajstić information content (AvgIpc) is 2.41. The van der Waals surface area contributed by atoms with E-state index in [0.29, 0.717) is 5.88 Å². The van der Waals surface area contributed by atoms with Crippen LogP contribution < -0.4 is 0 Å². The zero-order valence-electron chi connectivity index (χ0n) is 10.8. The number of halogens is 1. The van der Waals surface area contributed by atoms with Crippen molar-refractivity contribution < 1.29 is 0 Å². The van der Waals surface area contributed by atoms with Gasteiger partial charge in [-0.15, -0.1) is 11.6 Å². The zero-order valence-corrected chi connectivity index (χ0v) is 11.5. The summed E-state index contributed by atoms with van der Waals surface area (Å²) in [6, 6.07) is 0.864. The van der Waals surface area contributed by atoms with Crippen molar-refractivity contribution >= 4 is 11.6 Å². The molecule has 17 heavy (non-hydrogen) atoms. The van der Waals surface area contributed by atoms with E-state index in [2.05, 4.69) is 22.0 Å². The third kappa shape index (κ3) is 4.27. The molecule has 2 rings (SSSR count). The standard InChI is InChI=1S/C14H25ClN2/c15-8-2-5-9-16-12-6-14(7-13-16)17-10-3-1-4-11-17/h2,5,14H,1,3-4,6-13H2. The molecular weight excluding hydrogens is 232 g/mol. The summed E-state index contributed by atoms with van der Waals surface area (Å²) in [4.78, 5) is 5.28. The number of alkyl halides is 1. The second kappa shape index (κ2) is 7.40. The summed E-state index contributed by atoms with van der Waals surface area (Å²) in [7, 11) is 0. The number of allylic oxidation sites excluding steroid dienone is 1. The van der Waals surface area contributed by atoms with E-state index >= 15 is 0 Å². The van der Waals surface area contributed by atoms with Gasteiger partial charge in [-0.2, -0.15) is 0 Å². The largest absolute Gasteiger partial charge is 0.300 e. The maximum absolute atomic E-state index is 5.63. The number of rotatable bonds is 4. The molecule has 0 radical (unpaired) electrons. The van der Waals surface area contributed by atoms with Gasteiger partial charge in [0.25, 0.3) is 0 Å². The van der Waals surface area contributed by atoms with Gasteiger partial charge in [-0.3, -0.25) is 4.90 Å². The lowest BCUT2D eigenvalue weighted by Crippen LogP contribution is -2.46. The summed E-state index contributed by atoms with van der Waals surface area (Å²) >= 11 is 5.63. The molecule has 0 spiro atoms. The Kier molecular flexibility index (Phi) is 5.82. The first-order valence-corrected chi connectivity index (χ1v) is 7.61. The number of hydrogen-bond donors (Lipinski definition) is 0. The first-order valence-electron chi connectivity index (χ1n) is 7.07. The molecule has 0 amide bonds. The minimum absolute atomic E-state index is 0.643. The maximum atomic E-state index is 5.63. The second-order valence-electron chi connectivity index (χ2n) is 5.25. The fourth-order valence-corrected chi connectivity index (χ4v) is 3.16. The topological polar surface area (TPSA) is 6.48 Å². The first-order chi connectivity index (χ1) is 8.40. The van der Waals surface area contributed by atoms with Crippen molar-refractivity contribution in [1.82, 2.24) is 9.80 Å². The molecule has 98 valence electrons. The lowest BCUT2D eigenvalue weighted by molar-refractivity contribution is 0.0974. The molecule has 0 aromatic carbocycles. The molecule has 0 atom stereocenters. The predicted octanol–water partition coefficient (Wildman–Crippen LogP) is 2.73. The predicted molar refractivity (Wildman–Crippen MR) is 74.7 cm³/mol. The maximum Gasteiger partial charge on any atom is 0.0404 e. The zero-order chi connectivity index (χ0) is 11.9. The monoisotopic (exact) mass is 256 g/mol. The highest BCUT2D eigenvalue weighted by Gasteiger charge is 2.24. The number of hydrogen-bond acceptors (Lipinski definition) is 2. The van der Waals surface area contributed by atoms with E-state index in [1.807, 2.05) is 0 Å². The summed E-state index contributed by atoms with van der Waals surface area (Å²) < 4.78 is 0. The molecule has 0 aromatic rings. The van der Waals surface area contributed by atoms with E-state index in [1.54, 1.807) is 0 Å². The van der Waals surface area contributed by atoms with Crippen LogP contribution in [0, 0.1) is 0 Å². The third-order valence-corrected chi connectivity index (χ3v) is 4.26. The highest BCUT2D eigenvalue weighted by atomic mass is 35.5. The summed E-state index contributed by atoms with van der Waals surface area (Å²) in [5, 5.41) is 0. The molecule has 2 fully saturated rings. The van der Waals surface area contributed by atoms with Crippen LogP contribution in [-0.2, 0) is 0 Å². The highest BCUT2D eigenvalue weighted by molar-refractivity contribution is 6.18. The first kappa shape index (κ1) is 13.4. The van der Waals surface area contributed by atoms with Crippen LogP contribution in [0.1, 0.15) is 32.1 Å². The summed E-state index contributed by atoms with van der Waals surface area (Å²) in [5.41, 5.74) is 0. The molecule has 0 aliphatic carbocycles. The van der Waals surface area contributed by atoms with Gasteiger partial charge >= 0.3 is 0 Å². The van der Waals surface area contributed by atoms with Crippen LogP contribution in [0.5, 0.6) is 0 Å². The van der Waals surface area contributed by atoms with Crippen LogP contribution in [0.4, 0.5) is 0 Å². The Balaban J connectivity index is 1.68. The van der Waals surface area contributed by atoms with Crippen LogP contribution in [0.25, 0.3) is 0 Å². The van der Waals surface area contributed by atoms with Gasteiger partial charge in [0, 0.05) is 18.5 Å². The molecule has 2 aliphatic rings. The van der Waals surface area contributed by atoms with Gasteiger partial charge in [-0.25, -0.2) is 0 Å². The Hall–Kier alpha value is -0.0500. The van der Waals surface area contributed by atoms with Gasteiger partial charge < -0.3 is 4.90 Å². The lowest BCUT2D eigenvalue weighted by atomic mass is 10.00. The molecular formula is C14H25ClN2. The second-order valence-corrected chi connectivity index (χ2v) is 5.56. The molecule has 2 heterocycles. The van der Waals surface area contributed by atoms with Crippen LogP contribution in [-0.4, -0.2) is 54.4 Å². The van der Waals surface area contributed by atoms with E-state index in [4.69, 9.17) is 11.6 Å². The molecule has 0 N–H and O–H groups in total. The van der Waals surface area contributed by atoms with E-state index in [9.17, 15) is 0 Å². The Morgan fingerprint density at radius 1 is 0.941 bits per heavy atom. The van der Waals surface area contributed by atoms with Gasteiger partial charge in [0.1, 0.15) is 0 Å². The Bertz CT molecular complexity index is 228. The molecule has 0 unspecified atom stereocenters. The van der Waals surface area contributed by atoms with Crippen LogP contribution in [0.2, 0.25) is 0 Å². The van der Waals surface area contributed by atoms with Crippen molar-refractivity contribution in [3.63, 3.8) is 0 Å². The molecule has 2 saturated heterocycles. The van der Waals surface area contributed by atoms with Gasteiger partial charge in [0.05, 0.1) is 0 Å². The Labute approximate surface area is 111 Å². The van der Waals surface area contributed by atoms with Crippen molar-refractivity contribution in [2.45, 2.75) is 38.1 Å². The molecule has 0 saturated carbocycles. The smallest absolute Gasteiger partial charge is 0.0404 e. The van der Waals surface area contributed by atoms with E-state index in [0.717, 1.165) is 12.6 Å². The summed E-state index contributed by atoms with van der Waals surface area (Å²) in [6.07, 6.45) is 11.2. The molecule has 0 aromatic heterocycles. The normalized spacial score (nSPS) is 25.7. The summed E-state index contributed by atoms with van der Waals surface area (Å²) in [6.45, 7) is 6.29. The minimum atomic E-state index is 0.643. The quantitative estimate of drug-likeness (QED) is 0.564. The SMILES string of the molecule is ClCC=CCN1CCC(N2CCCCC2)CC1. The highest BCUT2D eigenvalue weighted by Crippen LogP contribution is 2.20. The van der Waals surface area contributed by atoms with Gasteiger partial charge in [0.2, 0.25) is 0 Å². The van der Waals surface area contributed by atoms with E-state index < -0.39 is 0 Å². The molecule has 2 nitrogen and oxygen atoms in total. The molecule has 3 heteroatoms. The number of likely N-dealkylation sites (tertiary alicyclic amines) is 2. The van der Waals surface area contributed by atoms with Gasteiger partial charge in [-0.05, 0) is 51.9 Å². The molecule has 2 aliphatic heterocycles. The van der Waals surface area contributed by atoms with E-state index in [-0.39, 0.29) is 0 Å². The minimum Gasteiger partial charge on any atom is -0.300 e. The Morgan fingerprint density at radius 3 is 2.29 bits per heavy atom. The van der Waals surface area contributed by atoms with Crippen molar-refractivity contribution in [2.24, 2.45) is 0 Å². The van der Waals surface area contributed by atoms with Crippen LogP contribution in [0.3, 0.4) is 0 Å². The fourth-order valence-electron chi connectivity index (χ4n) is 3.04. The number of nitrogens with zero attached hydrogens (tertiary/aromatic N) is 2.